The number of aliphatic hydroxyl groups excluding tert-OH is 1. The summed E-state index contributed by atoms with van der Waals surface area (Å²) in [5.74, 6) is -2.99. The maximum atomic E-state index is 13.5. The van der Waals surface area contributed by atoms with Crippen molar-refractivity contribution in [2.45, 2.75) is 20.0 Å². The fourth-order valence-corrected chi connectivity index (χ4v) is 2.28. The fourth-order valence-electron chi connectivity index (χ4n) is 2.28. The maximum Gasteiger partial charge on any atom is 0.307 e. The first kappa shape index (κ1) is 19.5. The number of benzene rings is 1. The number of nitrogens with zero attached hydrogens (tertiary/aromatic N) is 1. The number of aliphatic hydroxyl groups is 1. The minimum Gasteiger partial charge on any atom is -0.466 e. The van der Waals surface area contributed by atoms with E-state index in [1.54, 1.807) is 6.92 Å². The summed E-state index contributed by atoms with van der Waals surface area (Å²) in [5.41, 5.74) is 1.02. The van der Waals surface area contributed by atoms with Crippen molar-refractivity contribution < 1.29 is 28.2 Å². The normalized spacial score (nSPS) is 10.5. The average Bonchev–Trinajstić information content (AvgIpc) is 2.64. The van der Waals surface area contributed by atoms with Gasteiger partial charge in [0.1, 0.15) is 5.69 Å². The summed E-state index contributed by atoms with van der Waals surface area (Å²) < 4.78 is 31.5. The molecule has 1 heterocycles. The van der Waals surface area contributed by atoms with Gasteiger partial charge in [-0.05, 0) is 36.2 Å². The Morgan fingerprint density at radius 3 is 2.58 bits per heavy atom. The minimum atomic E-state index is -1.05. The first-order chi connectivity index (χ1) is 12.5. The summed E-state index contributed by atoms with van der Waals surface area (Å²) in [6.45, 7) is 1.61. The molecule has 138 valence electrons. The number of hydrogen-bond acceptors (Lipinski definition) is 5. The van der Waals surface area contributed by atoms with Crippen molar-refractivity contribution in [1.29, 1.82) is 0 Å². The topological polar surface area (TPSA) is 88.5 Å². The molecule has 2 aromatic rings. The van der Waals surface area contributed by atoms with E-state index in [-0.39, 0.29) is 36.4 Å². The molecule has 6 nitrogen and oxygen atoms in total. The highest BCUT2D eigenvalue weighted by molar-refractivity contribution is 5.92. The molecule has 2 N–H and O–H groups in total. The summed E-state index contributed by atoms with van der Waals surface area (Å²) >= 11 is 0. The summed E-state index contributed by atoms with van der Waals surface area (Å²) in [5, 5.41) is 11.8. The summed E-state index contributed by atoms with van der Waals surface area (Å²) in [4.78, 5) is 27.2. The molecule has 1 amide bonds. The molecule has 8 heteroatoms. The summed E-state index contributed by atoms with van der Waals surface area (Å²) in [6, 6.07) is 4.81. The number of rotatable bonds is 7. The van der Waals surface area contributed by atoms with Gasteiger partial charge in [-0.3, -0.25) is 14.6 Å². The average molecular weight is 364 g/mol. The molecular weight excluding hydrogens is 346 g/mol. The van der Waals surface area contributed by atoms with E-state index in [1.165, 1.54) is 18.3 Å². The van der Waals surface area contributed by atoms with E-state index >= 15 is 0 Å². The van der Waals surface area contributed by atoms with Crippen LogP contribution in [0.3, 0.4) is 0 Å². The zero-order chi connectivity index (χ0) is 19.1. The highest BCUT2D eigenvalue weighted by Gasteiger charge is 2.13. The lowest BCUT2D eigenvalue weighted by molar-refractivity contribution is -0.142. The van der Waals surface area contributed by atoms with Crippen LogP contribution in [0, 0.1) is 11.6 Å². The number of esters is 1. The van der Waals surface area contributed by atoms with Gasteiger partial charge in [-0.2, -0.15) is 0 Å². The van der Waals surface area contributed by atoms with Crippen LogP contribution in [0.5, 0.6) is 0 Å². The Kier molecular flexibility index (Phi) is 6.74. The van der Waals surface area contributed by atoms with E-state index in [1.807, 2.05) is 0 Å². The minimum absolute atomic E-state index is 0.0480. The van der Waals surface area contributed by atoms with Crippen LogP contribution >= 0.6 is 0 Å². The highest BCUT2D eigenvalue weighted by atomic mass is 19.2. The van der Waals surface area contributed by atoms with Crippen LogP contribution in [0.1, 0.15) is 29.4 Å². The molecule has 0 aliphatic carbocycles. The van der Waals surface area contributed by atoms with Gasteiger partial charge < -0.3 is 15.2 Å². The number of aromatic nitrogens is 1. The molecule has 1 aromatic carbocycles. The van der Waals surface area contributed by atoms with Crippen molar-refractivity contribution >= 4 is 11.9 Å². The molecule has 2 rings (SSSR count). The summed E-state index contributed by atoms with van der Waals surface area (Å²) in [6.07, 6.45) is 1.37. The van der Waals surface area contributed by atoms with E-state index in [0.29, 0.717) is 5.56 Å². The molecule has 0 fully saturated rings. The van der Waals surface area contributed by atoms with Gasteiger partial charge in [-0.15, -0.1) is 0 Å². The third kappa shape index (κ3) is 4.82. The zero-order valence-corrected chi connectivity index (χ0v) is 14.1. The lowest BCUT2D eigenvalue weighted by Gasteiger charge is -2.09. The molecule has 26 heavy (non-hydrogen) atoms. The second-order valence-corrected chi connectivity index (χ2v) is 5.32. The Bertz CT molecular complexity index is 795. The zero-order valence-electron chi connectivity index (χ0n) is 14.1. The van der Waals surface area contributed by atoms with E-state index in [9.17, 15) is 23.5 Å². The van der Waals surface area contributed by atoms with Crippen LogP contribution in [-0.4, -0.2) is 35.1 Å². The Morgan fingerprint density at radius 2 is 1.96 bits per heavy atom. The number of carbonyl (C=O) groups is 2. The van der Waals surface area contributed by atoms with Crippen molar-refractivity contribution in [1.82, 2.24) is 10.3 Å². The first-order valence-electron chi connectivity index (χ1n) is 7.95. The van der Waals surface area contributed by atoms with Gasteiger partial charge in [0, 0.05) is 18.3 Å². The quantitative estimate of drug-likeness (QED) is 0.736. The number of halogens is 2. The molecular formula is C18H18F2N2O4. The molecule has 0 unspecified atom stereocenters. The molecule has 0 saturated heterocycles. The van der Waals surface area contributed by atoms with Gasteiger partial charge in [0.05, 0.1) is 19.6 Å². The van der Waals surface area contributed by atoms with Gasteiger partial charge in [-0.1, -0.05) is 6.07 Å². The van der Waals surface area contributed by atoms with Gasteiger partial charge in [-0.25, -0.2) is 8.78 Å². The molecule has 0 aliphatic heterocycles. The van der Waals surface area contributed by atoms with E-state index < -0.39 is 30.1 Å². The lowest BCUT2D eigenvalue weighted by Crippen LogP contribution is -2.27. The van der Waals surface area contributed by atoms with Gasteiger partial charge in [0.15, 0.2) is 11.6 Å². The van der Waals surface area contributed by atoms with Crippen LogP contribution in [0.2, 0.25) is 0 Å². The Balaban J connectivity index is 2.07. The van der Waals surface area contributed by atoms with Crippen LogP contribution in [0.25, 0.3) is 11.1 Å². The van der Waals surface area contributed by atoms with Gasteiger partial charge >= 0.3 is 5.97 Å². The smallest absolute Gasteiger partial charge is 0.307 e. The third-order valence-electron chi connectivity index (χ3n) is 3.54. The molecule has 1 aromatic heterocycles. The van der Waals surface area contributed by atoms with Crippen LogP contribution in [-0.2, 0) is 16.1 Å². The number of hydrogen-bond donors (Lipinski definition) is 2. The number of nitrogens with one attached hydrogen (secondary N) is 1. The Morgan fingerprint density at radius 1 is 1.23 bits per heavy atom. The molecule has 0 radical (unpaired) electrons. The monoisotopic (exact) mass is 364 g/mol. The standard InChI is InChI=1S/C18H18F2N2O4/c1-2-26-17(24)5-6-21-18(25)16-4-3-11(9-22-16)13-8-15(20)14(19)7-12(13)10-23/h3-4,7-9,23H,2,5-6,10H2,1H3,(H,21,25). The largest absolute Gasteiger partial charge is 0.466 e. The lowest BCUT2D eigenvalue weighted by atomic mass is 10.0. The van der Waals surface area contributed by atoms with Gasteiger partial charge in [0.2, 0.25) is 0 Å². The highest BCUT2D eigenvalue weighted by Crippen LogP contribution is 2.26. The SMILES string of the molecule is CCOC(=O)CCNC(=O)c1ccc(-c2cc(F)c(F)cc2CO)cn1. The fraction of sp³-hybridized carbons (Fsp3) is 0.278. The number of ether oxygens (including phenoxy) is 1. The predicted octanol–water partition coefficient (Wildman–Crippen LogP) is 2.20. The van der Waals surface area contributed by atoms with Crippen LogP contribution in [0.4, 0.5) is 8.78 Å². The van der Waals surface area contributed by atoms with Gasteiger partial charge in [0.25, 0.3) is 5.91 Å². The van der Waals surface area contributed by atoms with E-state index in [2.05, 4.69) is 10.3 Å². The molecule has 0 aliphatic rings. The second-order valence-electron chi connectivity index (χ2n) is 5.32. The second kappa shape index (κ2) is 9.00. The summed E-state index contributed by atoms with van der Waals surface area (Å²) in [7, 11) is 0. The van der Waals surface area contributed by atoms with E-state index in [0.717, 1.165) is 12.1 Å². The molecule has 0 spiro atoms. The maximum absolute atomic E-state index is 13.5. The van der Waals surface area contributed by atoms with Crippen molar-refractivity contribution in [3.63, 3.8) is 0 Å². The number of amides is 1. The molecule has 0 bridgehead atoms. The van der Waals surface area contributed by atoms with E-state index in [4.69, 9.17) is 4.74 Å². The van der Waals surface area contributed by atoms with Crippen LogP contribution in [0.15, 0.2) is 30.5 Å². The predicted molar refractivity (Wildman–Crippen MR) is 89.1 cm³/mol. The van der Waals surface area contributed by atoms with Crippen molar-refractivity contribution in [3.8, 4) is 11.1 Å². The van der Waals surface area contributed by atoms with Crippen molar-refractivity contribution in [3.05, 3.63) is 53.4 Å². The Hall–Kier alpha value is -2.87. The van der Waals surface area contributed by atoms with Crippen molar-refractivity contribution in [2.24, 2.45) is 0 Å². The third-order valence-corrected chi connectivity index (χ3v) is 3.54. The first-order valence-corrected chi connectivity index (χ1v) is 7.95. The van der Waals surface area contributed by atoms with Crippen molar-refractivity contribution in [2.75, 3.05) is 13.2 Å². The Labute approximate surface area is 148 Å². The number of pyridine rings is 1. The van der Waals surface area contributed by atoms with Crippen LogP contribution < -0.4 is 5.32 Å². The molecule has 0 saturated carbocycles. The number of carbonyl (C=O) groups excluding carboxylic acids is 2. The molecule has 0 atom stereocenters.